The Morgan fingerprint density at radius 1 is 1.40 bits per heavy atom. The maximum atomic E-state index is 11.3. The van der Waals surface area contributed by atoms with Crippen LogP contribution in [0, 0.1) is 0 Å². The van der Waals surface area contributed by atoms with Gasteiger partial charge in [-0.25, -0.2) is 4.79 Å². The minimum absolute atomic E-state index is 0.240. The highest BCUT2D eigenvalue weighted by molar-refractivity contribution is 5.93. The van der Waals surface area contributed by atoms with Crippen LogP contribution in [0.15, 0.2) is 24.3 Å². The summed E-state index contributed by atoms with van der Waals surface area (Å²) < 4.78 is 14.3. The summed E-state index contributed by atoms with van der Waals surface area (Å²) in [7, 11) is 0. The predicted molar refractivity (Wildman–Crippen MR) is 47.7 cm³/mol. The zero-order chi connectivity index (χ0) is 10.7. The molecule has 0 fully saturated rings. The number of hydrogen-bond donors (Lipinski definition) is 0. The van der Waals surface area contributed by atoms with E-state index in [1.54, 1.807) is 24.3 Å². The van der Waals surface area contributed by atoms with E-state index in [1.165, 1.54) is 0 Å². The Hall–Kier alpha value is -1.88. The smallest absolute Gasteiger partial charge is 0.341 e. The predicted octanol–water partition coefficient (Wildman–Crippen LogP) is 1.00. The van der Waals surface area contributed by atoms with Gasteiger partial charge in [-0.3, -0.25) is 4.79 Å². The molecule has 1 aliphatic heterocycles. The Kier molecular flexibility index (Phi) is 2.64. The zero-order valence-corrected chi connectivity index (χ0v) is 7.71. The van der Waals surface area contributed by atoms with E-state index in [0.717, 1.165) is 0 Å². The van der Waals surface area contributed by atoms with Crippen LogP contribution in [-0.4, -0.2) is 19.2 Å². The van der Waals surface area contributed by atoms with Crippen molar-refractivity contribution >= 4 is 12.4 Å². The molecule has 0 aromatic heterocycles. The lowest BCUT2D eigenvalue weighted by Crippen LogP contribution is -2.07. The molecule has 1 heterocycles. The van der Waals surface area contributed by atoms with Crippen LogP contribution in [0.4, 0.5) is 0 Å². The molecule has 0 saturated carbocycles. The highest BCUT2D eigenvalue weighted by Gasteiger charge is 2.31. The van der Waals surface area contributed by atoms with Crippen LogP contribution >= 0.6 is 0 Å². The van der Waals surface area contributed by atoms with Crippen molar-refractivity contribution in [1.29, 1.82) is 0 Å². The van der Waals surface area contributed by atoms with E-state index in [-0.39, 0.29) is 13.3 Å². The van der Waals surface area contributed by atoms with Gasteiger partial charge in [-0.1, -0.05) is 18.2 Å². The monoisotopic (exact) mass is 208 g/mol. The number of fused-ring (bicyclic) bond motifs is 1. The Bertz CT molecular complexity index is 387. The molecule has 1 aromatic carbocycles. The number of cyclic esters (lactones) is 1. The first-order valence-electron chi connectivity index (χ1n) is 4.29. The second kappa shape index (κ2) is 4.10. The molecule has 78 valence electrons. The molecule has 0 saturated heterocycles. The number of carbonyl (C=O) groups is 2. The van der Waals surface area contributed by atoms with Crippen molar-refractivity contribution in [3.05, 3.63) is 35.4 Å². The van der Waals surface area contributed by atoms with Gasteiger partial charge in [0, 0.05) is 5.56 Å². The summed E-state index contributed by atoms with van der Waals surface area (Å²) in [5, 5.41) is 0. The molecule has 5 nitrogen and oxygen atoms in total. The van der Waals surface area contributed by atoms with Gasteiger partial charge in [0.2, 0.25) is 6.29 Å². The lowest BCUT2D eigenvalue weighted by atomic mass is 10.1. The average Bonchev–Trinajstić information content (AvgIpc) is 2.58. The van der Waals surface area contributed by atoms with Gasteiger partial charge in [0.05, 0.1) is 5.56 Å². The normalized spacial score (nSPS) is 18.1. The molecule has 0 aliphatic carbocycles. The molecule has 2 rings (SSSR count). The van der Waals surface area contributed by atoms with E-state index in [0.29, 0.717) is 11.1 Å². The largest absolute Gasteiger partial charge is 0.441 e. The third-order valence-corrected chi connectivity index (χ3v) is 2.00. The van der Waals surface area contributed by atoms with Crippen LogP contribution in [-0.2, 0) is 19.0 Å². The molecule has 15 heavy (non-hydrogen) atoms. The van der Waals surface area contributed by atoms with Gasteiger partial charge in [0.15, 0.2) is 6.79 Å². The minimum atomic E-state index is -0.784. The SMILES string of the molecule is O=COCOC1OC(=O)c2ccccc21. The van der Waals surface area contributed by atoms with Crippen molar-refractivity contribution in [1.82, 2.24) is 0 Å². The Labute approximate surface area is 85.5 Å². The molecular weight excluding hydrogens is 200 g/mol. The maximum Gasteiger partial charge on any atom is 0.341 e. The number of ether oxygens (including phenoxy) is 3. The number of hydrogen-bond acceptors (Lipinski definition) is 5. The summed E-state index contributed by atoms with van der Waals surface area (Å²) in [6.45, 7) is 0.0262. The molecular formula is C10H8O5. The fourth-order valence-electron chi connectivity index (χ4n) is 1.37. The van der Waals surface area contributed by atoms with E-state index >= 15 is 0 Å². The van der Waals surface area contributed by atoms with Crippen molar-refractivity contribution < 1.29 is 23.8 Å². The molecule has 0 spiro atoms. The van der Waals surface area contributed by atoms with Crippen LogP contribution in [0.3, 0.4) is 0 Å². The van der Waals surface area contributed by atoms with Gasteiger partial charge in [0.25, 0.3) is 6.47 Å². The average molecular weight is 208 g/mol. The fourth-order valence-corrected chi connectivity index (χ4v) is 1.37. The first kappa shape index (κ1) is 9.67. The van der Waals surface area contributed by atoms with Crippen LogP contribution in [0.25, 0.3) is 0 Å². The highest BCUT2D eigenvalue weighted by atomic mass is 16.8. The van der Waals surface area contributed by atoms with Gasteiger partial charge in [-0.15, -0.1) is 0 Å². The van der Waals surface area contributed by atoms with Crippen LogP contribution in [0.2, 0.25) is 0 Å². The lowest BCUT2D eigenvalue weighted by Gasteiger charge is -2.10. The third-order valence-electron chi connectivity index (χ3n) is 2.00. The topological polar surface area (TPSA) is 61.8 Å². The summed E-state index contributed by atoms with van der Waals surface area (Å²) >= 11 is 0. The van der Waals surface area contributed by atoms with Crippen molar-refractivity contribution in [2.45, 2.75) is 6.29 Å². The standard InChI is InChI=1S/C10H8O5/c11-5-13-6-14-10-8-4-2-1-3-7(8)9(12)15-10/h1-5,10H,6H2. The molecule has 0 amide bonds. The van der Waals surface area contributed by atoms with E-state index in [9.17, 15) is 9.59 Å². The van der Waals surface area contributed by atoms with Crippen molar-refractivity contribution in [3.63, 3.8) is 0 Å². The first-order valence-corrected chi connectivity index (χ1v) is 4.29. The summed E-state index contributed by atoms with van der Waals surface area (Å²) in [4.78, 5) is 21.2. The van der Waals surface area contributed by atoms with E-state index in [2.05, 4.69) is 4.74 Å². The third kappa shape index (κ3) is 1.82. The second-order valence-corrected chi connectivity index (χ2v) is 2.87. The molecule has 1 aliphatic rings. The number of rotatable bonds is 4. The van der Waals surface area contributed by atoms with Gasteiger partial charge in [-0.05, 0) is 6.07 Å². The highest BCUT2D eigenvalue weighted by Crippen LogP contribution is 2.30. The molecule has 5 heteroatoms. The van der Waals surface area contributed by atoms with Crippen LogP contribution in [0.5, 0.6) is 0 Å². The Morgan fingerprint density at radius 3 is 3.00 bits per heavy atom. The number of esters is 1. The van der Waals surface area contributed by atoms with E-state index in [1.807, 2.05) is 0 Å². The van der Waals surface area contributed by atoms with E-state index in [4.69, 9.17) is 9.47 Å². The molecule has 1 atom stereocenters. The van der Waals surface area contributed by atoms with Gasteiger partial charge >= 0.3 is 5.97 Å². The summed E-state index contributed by atoms with van der Waals surface area (Å²) in [6.07, 6.45) is -0.784. The summed E-state index contributed by atoms with van der Waals surface area (Å²) in [5.41, 5.74) is 1.13. The second-order valence-electron chi connectivity index (χ2n) is 2.87. The van der Waals surface area contributed by atoms with Crippen LogP contribution < -0.4 is 0 Å². The molecule has 1 aromatic rings. The maximum absolute atomic E-state index is 11.3. The first-order chi connectivity index (χ1) is 7.33. The van der Waals surface area contributed by atoms with Crippen molar-refractivity contribution in [2.75, 3.05) is 6.79 Å². The fraction of sp³-hybridized carbons (Fsp3) is 0.200. The minimum Gasteiger partial charge on any atom is -0.441 e. The van der Waals surface area contributed by atoms with E-state index < -0.39 is 12.3 Å². The zero-order valence-electron chi connectivity index (χ0n) is 7.71. The lowest BCUT2D eigenvalue weighted by molar-refractivity contribution is -0.173. The van der Waals surface area contributed by atoms with Crippen LogP contribution in [0.1, 0.15) is 22.2 Å². The molecule has 0 N–H and O–H groups in total. The van der Waals surface area contributed by atoms with Gasteiger partial charge < -0.3 is 14.2 Å². The Morgan fingerprint density at radius 2 is 2.20 bits per heavy atom. The summed E-state index contributed by atoms with van der Waals surface area (Å²) in [5.74, 6) is -0.429. The molecule has 0 bridgehead atoms. The van der Waals surface area contributed by atoms with Gasteiger partial charge in [0.1, 0.15) is 0 Å². The number of carbonyl (C=O) groups excluding carboxylic acids is 2. The quantitative estimate of drug-likeness (QED) is 0.320. The molecule has 0 radical (unpaired) electrons. The van der Waals surface area contributed by atoms with Gasteiger partial charge in [-0.2, -0.15) is 0 Å². The number of benzene rings is 1. The Balaban J connectivity index is 2.11. The molecule has 1 unspecified atom stereocenters. The summed E-state index contributed by atoms with van der Waals surface area (Å²) in [6, 6.07) is 6.90. The van der Waals surface area contributed by atoms with Crippen molar-refractivity contribution in [2.24, 2.45) is 0 Å². The van der Waals surface area contributed by atoms with Crippen molar-refractivity contribution in [3.8, 4) is 0 Å².